The number of carbonyl (C=O) groups is 1. The van der Waals surface area contributed by atoms with Gasteiger partial charge in [-0.1, -0.05) is 29.5 Å². The molecule has 4 aliphatic rings. The van der Waals surface area contributed by atoms with Crippen LogP contribution >= 0.6 is 0 Å². The molecule has 0 spiro atoms. The molecule has 4 fully saturated rings. The Morgan fingerprint density at radius 1 is 1.08 bits per heavy atom. The molecule has 7 rings (SSSR count). The lowest BCUT2D eigenvalue weighted by Gasteiger charge is -2.50. The van der Waals surface area contributed by atoms with Crippen LogP contribution in [0, 0.1) is 11.8 Å². The van der Waals surface area contributed by atoms with Gasteiger partial charge in [0.05, 0.1) is 31.5 Å². The van der Waals surface area contributed by atoms with Crippen LogP contribution in [0.5, 0.6) is 11.5 Å². The van der Waals surface area contributed by atoms with Gasteiger partial charge in [0.2, 0.25) is 5.91 Å². The van der Waals surface area contributed by atoms with Crippen LogP contribution in [0.4, 0.5) is 5.69 Å². The van der Waals surface area contributed by atoms with E-state index in [1.165, 1.54) is 0 Å². The Hall–Kier alpha value is -3.59. The van der Waals surface area contributed by atoms with Gasteiger partial charge in [0.15, 0.2) is 0 Å². The number of hydrogen-bond donors (Lipinski definition) is 1. The van der Waals surface area contributed by atoms with E-state index >= 15 is 0 Å². The molecule has 0 radical (unpaired) electrons. The van der Waals surface area contributed by atoms with Crippen LogP contribution in [0.1, 0.15) is 12.8 Å². The minimum atomic E-state index is 0.0846. The van der Waals surface area contributed by atoms with Gasteiger partial charge in [0.25, 0.3) is 0 Å². The number of carbonyl (C=O) groups excluding carboxylic acids is 1. The number of amides is 1. The third-order valence-corrected chi connectivity index (χ3v) is 8.29. The molecule has 9 nitrogen and oxygen atoms in total. The minimum absolute atomic E-state index is 0.0846. The number of rotatable bonds is 6. The second kappa shape index (κ2) is 10.0. The first-order valence-corrected chi connectivity index (χ1v) is 13.2. The van der Waals surface area contributed by atoms with Crippen molar-refractivity contribution in [2.24, 2.45) is 11.8 Å². The summed E-state index contributed by atoms with van der Waals surface area (Å²) in [6.45, 7) is 5.78. The molecule has 0 aliphatic carbocycles. The molecule has 37 heavy (non-hydrogen) atoms. The van der Waals surface area contributed by atoms with Crippen molar-refractivity contribution in [1.29, 1.82) is 0 Å². The molecule has 4 aliphatic heterocycles. The van der Waals surface area contributed by atoms with E-state index in [4.69, 9.17) is 4.74 Å². The zero-order valence-corrected chi connectivity index (χ0v) is 21.2. The number of aromatic hydroxyl groups is 1. The van der Waals surface area contributed by atoms with E-state index in [0.717, 1.165) is 81.3 Å². The summed E-state index contributed by atoms with van der Waals surface area (Å²) in [5, 5.41) is 18.4. The van der Waals surface area contributed by atoms with Crippen LogP contribution in [0.15, 0.2) is 54.7 Å². The summed E-state index contributed by atoms with van der Waals surface area (Å²) in [5.41, 5.74) is 2.71. The van der Waals surface area contributed by atoms with Crippen molar-refractivity contribution in [2.45, 2.75) is 25.4 Å². The molecule has 2 bridgehead atoms. The summed E-state index contributed by atoms with van der Waals surface area (Å²) in [6, 6.07) is 15.5. The lowest BCUT2D eigenvalue weighted by Crippen LogP contribution is -2.60. The average molecular weight is 503 g/mol. The topological polar surface area (TPSA) is 87.0 Å². The number of phenolic OH excluding ortho intramolecular Hbond substituents is 1. The Kier molecular flexibility index (Phi) is 6.46. The van der Waals surface area contributed by atoms with Gasteiger partial charge in [0, 0.05) is 44.3 Å². The maximum Gasteiger partial charge on any atom is 0.227 e. The largest absolute Gasteiger partial charge is 0.508 e. The van der Waals surface area contributed by atoms with Crippen LogP contribution < -0.4 is 9.64 Å². The fourth-order valence-corrected chi connectivity index (χ4v) is 6.30. The number of nitrogens with zero attached hydrogens (tertiary/aromatic N) is 6. The van der Waals surface area contributed by atoms with Gasteiger partial charge in [-0.05, 0) is 49.6 Å². The molecule has 4 atom stereocenters. The van der Waals surface area contributed by atoms with Gasteiger partial charge in [-0.15, -0.1) is 5.10 Å². The molecule has 2 aromatic carbocycles. The number of hydrogen-bond acceptors (Lipinski definition) is 7. The molecule has 1 amide bonds. The predicted octanol–water partition coefficient (Wildman–Crippen LogP) is 2.72. The summed E-state index contributed by atoms with van der Waals surface area (Å²) in [4.78, 5) is 20.4. The molecule has 3 aromatic rings. The molecule has 0 saturated carbocycles. The second-order valence-electron chi connectivity index (χ2n) is 10.4. The second-order valence-corrected chi connectivity index (χ2v) is 10.4. The Bertz CT molecular complexity index is 1250. The standard InChI is InChI=1S/C28H34N6O3/c1-37-27-8-3-2-7-26(27)31-11-13-32(14-12-31)28(36)24-18-33-10-9-20(24)15-22(33)17-34-19-25(29-30-34)21-5-4-6-23(35)16-21/h2-8,16,19-20,22,24,35H,9-15,17-18H2,1H3. The molecular formula is C28H34N6O3. The van der Waals surface area contributed by atoms with E-state index in [0.29, 0.717) is 17.9 Å². The number of ether oxygens (including phenoxy) is 1. The summed E-state index contributed by atoms with van der Waals surface area (Å²) >= 11 is 0. The predicted molar refractivity (Wildman–Crippen MR) is 140 cm³/mol. The van der Waals surface area contributed by atoms with E-state index < -0.39 is 0 Å². The lowest BCUT2D eigenvalue weighted by atomic mass is 9.75. The third kappa shape index (κ3) is 4.75. The first-order valence-electron chi connectivity index (χ1n) is 13.2. The van der Waals surface area contributed by atoms with Gasteiger partial charge < -0.3 is 19.6 Å². The summed E-state index contributed by atoms with van der Waals surface area (Å²) in [7, 11) is 1.70. The van der Waals surface area contributed by atoms with E-state index in [9.17, 15) is 9.90 Å². The van der Waals surface area contributed by atoms with Crippen molar-refractivity contribution in [3.8, 4) is 22.8 Å². The van der Waals surface area contributed by atoms with Crippen molar-refractivity contribution >= 4 is 11.6 Å². The smallest absolute Gasteiger partial charge is 0.227 e. The highest BCUT2D eigenvalue weighted by Gasteiger charge is 2.44. The highest BCUT2D eigenvalue weighted by Crippen LogP contribution is 2.38. The van der Waals surface area contributed by atoms with E-state index in [1.807, 2.05) is 41.2 Å². The maximum absolute atomic E-state index is 13.6. The molecule has 9 heteroatoms. The first-order chi connectivity index (χ1) is 18.1. The Labute approximate surface area is 217 Å². The molecule has 4 saturated heterocycles. The van der Waals surface area contributed by atoms with Crippen LogP contribution in [0.3, 0.4) is 0 Å². The molecule has 5 heterocycles. The summed E-state index contributed by atoms with van der Waals surface area (Å²) < 4.78 is 7.44. The number of aromatic nitrogens is 3. The quantitative estimate of drug-likeness (QED) is 0.555. The number of para-hydroxylation sites is 2. The minimum Gasteiger partial charge on any atom is -0.508 e. The zero-order valence-electron chi connectivity index (χ0n) is 21.2. The number of fused-ring (bicyclic) bond motifs is 3. The number of piperidine rings is 3. The SMILES string of the molecule is COc1ccccc1N1CCN(C(=O)C2CN3CCC2CC3Cn2cc(-c3cccc(O)c3)nn2)CC1. The number of anilines is 1. The number of piperazine rings is 1. The van der Waals surface area contributed by atoms with Gasteiger partial charge >= 0.3 is 0 Å². The Balaban J connectivity index is 1.05. The molecule has 1 N–H and O–H groups in total. The molecule has 194 valence electrons. The monoisotopic (exact) mass is 502 g/mol. The van der Waals surface area contributed by atoms with Gasteiger partial charge in [-0.2, -0.15) is 0 Å². The van der Waals surface area contributed by atoms with Crippen LogP contribution in [0.25, 0.3) is 11.3 Å². The molecular weight excluding hydrogens is 468 g/mol. The van der Waals surface area contributed by atoms with Gasteiger partial charge in [-0.3, -0.25) is 14.4 Å². The van der Waals surface area contributed by atoms with E-state index in [2.05, 4.69) is 31.1 Å². The van der Waals surface area contributed by atoms with E-state index in [1.54, 1.807) is 19.2 Å². The zero-order chi connectivity index (χ0) is 25.4. The highest BCUT2D eigenvalue weighted by molar-refractivity contribution is 5.80. The van der Waals surface area contributed by atoms with Crippen LogP contribution in [-0.4, -0.2) is 88.2 Å². The lowest BCUT2D eigenvalue weighted by molar-refractivity contribution is -0.144. The Morgan fingerprint density at radius 2 is 1.92 bits per heavy atom. The Morgan fingerprint density at radius 3 is 2.68 bits per heavy atom. The average Bonchev–Trinajstić information content (AvgIpc) is 3.41. The van der Waals surface area contributed by atoms with Crippen LogP contribution in [0.2, 0.25) is 0 Å². The van der Waals surface area contributed by atoms with Crippen molar-refractivity contribution in [3.63, 3.8) is 0 Å². The number of phenols is 1. The van der Waals surface area contributed by atoms with Crippen molar-refractivity contribution in [1.82, 2.24) is 24.8 Å². The highest BCUT2D eigenvalue weighted by atomic mass is 16.5. The number of methoxy groups -OCH3 is 1. The third-order valence-electron chi connectivity index (χ3n) is 8.29. The maximum atomic E-state index is 13.6. The van der Waals surface area contributed by atoms with Gasteiger partial charge in [0.1, 0.15) is 17.2 Å². The van der Waals surface area contributed by atoms with Crippen molar-refractivity contribution < 1.29 is 14.6 Å². The van der Waals surface area contributed by atoms with Gasteiger partial charge in [-0.25, -0.2) is 0 Å². The normalized spacial score (nSPS) is 25.3. The molecule has 1 aromatic heterocycles. The van der Waals surface area contributed by atoms with E-state index in [-0.39, 0.29) is 11.7 Å². The summed E-state index contributed by atoms with van der Waals surface area (Å²) in [6.07, 6.45) is 4.04. The summed E-state index contributed by atoms with van der Waals surface area (Å²) in [5.74, 6) is 1.93. The van der Waals surface area contributed by atoms with Crippen molar-refractivity contribution in [2.75, 3.05) is 51.3 Å². The number of benzene rings is 2. The fourth-order valence-electron chi connectivity index (χ4n) is 6.30. The van der Waals surface area contributed by atoms with Crippen LogP contribution in [-0.2, 0) is 11.3 Å². The molecule has 4 unspecified atom stereocenters. The van der Waals surface area contributed by atoms with Crippen molar-refractivity contribution in [3.05, 3.63) is 54.7 Å². The first kappa shape index (κ1) is 23.8. The fraction of sp³-hybridized carbons (Fsp3) is 0.464.